The van der Waals surface area contributed by atoms with Gasteiger partial charge in [-0.05, 0) is 96.8 Å². The highest BCUT2D eigenvalue weighted by atomic mass is 79.9. The molecule has 252 valence electrons. The molecule has 1 aromatic heterocycles. The van der Waals surface area contributed by atoms with Crippen molar-refractivity contribution in [2.75, 3.05) is 16.0 Å². The zero-order valence-corrected chi connectivity index (χ0v) is 29.7. The summed E-state index contributed by atoms with van der Waals surface area (Å²) in [5, 5.41) is 5.63. The molecular weight excluding hydrogens is 722 g/mol. The molecule has 0 spiro atoms. The molecule has 1 aliphatic heterocycles. The molecule has 2 heterocycles. The van der Waals surface area contributed by atoms with E-state index in [4.69, 9.17) is 4.42 Å². The second-order valence-electron chi connectivity index (χ2n) is 11.8. The fraction of sp³-hybridized carbons (Fsp3) is 0.0714. The minimum Gasteiger partial charge on any atom is -0.457 e. The van der Waals surface area contributed by atoms with Crippen molar-refractivity contribution in [1.82, 2.24) is 5.32 Å². The summed E-state index contributed by atoms with van der Waals surface area (Å²) in [7, 11) is 0. The number of carbonyl (C=O) groups is 3. The fourth-order valence-electron chi connectivity index (χ4n) is 5.88. The Balaban J connectivity index is 1.05. The van der Waals surface area contributed by atoms with Crippen LogP contribution in [-0.2, 0) is 22.4 Å². The number of hydrogen-bond acceptors (Lipinski definition) is 5. The van der Waals surface area contributed by atoms with Crippen LogP contribution in [0.5, 0.6) is 0 Å². The molecule has 0 saturated heterocycles. The number of nitrogens with zero attached hydrogens (tertiary/aromatic N) is 1. The van der Waals surface area contributed by atoms with Gasteiger partial charge in [-0.1, -0.05) is 82.7 Å². The Bertz CT molecular complexity index is 2180. The number of hydrogen-bond donors (Lipinski definition) is 2. The van der Waals surface area contributed by atoms with E-state index in [1.54, 1.807) is 42.5 Å². The number of benzene rings is 5. The lowest BCUT2D eigenvalue weighted by Crippen LogP contribution is -2.30. The van der Waals surface area contributed by atoms with Crippen LogP contribution in [0.25, 0.3) is 17.4 Å². The van der Waals surface area contributed by atoms with Gasteiger partial charge in [-0.15, -0.1) is 11.8 Å². The molecule has 1 aliphatic rings. The minimum absolute atomic E-state index is 0.00988. The van der Waals surface area contributed by atoms with Crippen LogP contribution in [0.15, 0.2) is 159 Å². The SMILES string of the molecule is O=C(Nc1ccc(SCC(=O)N2c3ccccc3CCc3ccccc32)cc1)/C(=C/c1ccc(-c2ccc(Br)cc2)o1)NC(=O)c1ccccc1. The standard InChI is InChI=1S/C42H32BrN3O4S/c43-32-18-16-30(17-19-32)39-25-22-34(50-39)26-36(45-41(48)31-10-2-1-3-11-31)42(49)44-33-20-23-35(24-21-33)51-27-40(47)46-37-12-6-4-8-28(37)14-15-29-9-5-7-13-38(29)46/h1-13,16-26H,14-15,27H2,(H,44,49)(H,45,48)/b36-26-. The quantitative estimate of drug-likeness (QED) is 0.113. The van der Waals surface area contributed by atoms with Crippen LogP contribution in [0.4, 0.5) is 17.1 Å². The molecule has 5 aromatic carbocycles. The third-order valence-corrected chi connectivity index (χ3v) is 9.95. The summed E-state index contributed by atoms with van der Waals surface area (Å²) in [4.78, 5) is 43.2. The van der Waals surface area contributed by atoms with Crippen molar-refractivity contribution in [1.29, 1.82) is 0 Å². The lowest BCUT2D eigenvalue weighted by molar-refractivity contribution is -0.115. The van der Waals surface area contributed by atoms with E-state index >= 15 is 0 Å². The van der Waals surface area contributed by atoms with E-state index in [2.05, 4.69) is 38.7 Å². The molecule has 6 aromatic rings. The Morgan fingerprint density at radius 1 is 0.725 bits per heavy atom. The molecule has 9 heteroatoms. The highest BCUT2D eigenvalue weighted by Crippen LogP contribution is 2.37. The van der Waals surface area contributed by atoms with E-state index in [9.17, 15) is 14.4 Å². The van der Waals surface area contributed by atoms with Crippen LogP contribution >= 0.6 is 27.7 Å². The van der Waals surface area contributed by atoms with E-state index in [0.29, 0.717) is 22.8 Å². The highest BCUT2D eigenvalue weighted by Gasteiger charge is 2.25. The normalized spacial score (nSPS) is 12.3. The molecule has 3 amide bonds. The number of thioether (sulfide) groups is 1. The van der Waals surface area contributed by atoms with Crippen LogP contribution in [0.1, 0.15) is 27.2 Å². The maximum atomic E-state index is 13.8. The maximum absolute atomic E-state index is 13.8. The number of aryl methyl sites for hydroxylation is 2. The predicted molar refractivity (Wildman–Crippen MR) is 207 cm³/mol. The summed E-state index contributed by atoms with van der Waals surface area (Å²) in [6.45, 7) is 0. The van der Waals surface area contributed by atoms with Crippen LogP contribution in [0.2, 0.25) is 0 Å². The Morgan fingerprint density at radius 3 is 2.02 bits per heavy atom. The number of rotatable bonds is 9. The van der Waals surface area contributed by atoms with Crippen molar-refractivity contribution in [2.24, 2.45) is 0 Å². The van der Waals surface area contributed by atoms with Crippen molar-refractivity contribution in [2.45, 2.75) is 17.7 Å². The average Bonchev–Trinajstić information content (AvgIpc) is 3.56. The second kappa shape index (κ2) is 15.5. The highest BCUT2D eigenvalue weighted by molar-refractivity contribution is 9.10. The molecule has 2 N–H and O–H groups in total. The zero-order valence-electron chi connectivity index (χ0n) is 27.3. The second-order valence-corrected chi connectivity index (χ2v) is 13.8. The van der Waals surface area contributed by atoms with Gasteiger partial charge in [0.25, 0.3) is 11.8 Å². The van der Waals surface area contributed by atoms with Crippen molar-refractivity contribution >= 4 is 68.6 Å². The molecule has 0 radical (unpaired) electrons. The number of amides is 3. The number of carbonyl (C=O) groups excluding carboxylic acids is 3. The molecule has 0 bridgehead atoms. The Labute approximate surface area is 308 Å². The topological polar surface area (TPSA) is 91.7 Å². The van der Waals surface area contributed by atoms with Crippen molar-refractivity contribution < 1.29 is 18.8 Å². The first-order valence-corrected chi connectivity index (χ1v) is 18.2. The van der Waals surface area contributed by atoms with Gasteiger partial charge in [0.05, 0.1) is 17.1 Å². The predicted octanol–water partition coefficient (Wildman–Crippen LogP) is 9.67. The molecule has 0 unspecified atom stereocenters. The number of para-hydroxylation sites is 2. The van der Waals surface area contributed by atoms with Gasteiger partial charge in [0, 0.05) is 32.3 Å². The molecule has 0 saturated carbocycles. The van der Waals surface area contributed by atoms with Gasteiger partial charge < -0.3 is 15.1 Å². The van der Waals surface area contributed by atoms with Crippen LogP contribution < -0.4 is 15.5 Å². The molecule has 0 fully saturated rings. The molecule has 7 rings (SSSR count). The van der Waals surface area contributed by atoms with E-state index in [1.807, 2.05) is 89.8 Å². The zero-order chi connectivity index (χ0) is 35.2. The number of nitrogens with one attached hydrogen (secondary N) is 2. The lowest BCUT2D eigenvalue weighted by Gasteiger charge is -2.25. The van der Waals surface area contributed by atoms with E-state index in [0.717, 1.165) is 50.3 Å². The van der Waals surface area contributed by atoms with Crippen molar-refractivity contribution in [3.63, 3.8) is 0 Å². The number of furan rings is 1. The third kappa shape index (κ3) is 8.06. The number of anilines is 3. The van der Waals surface area contributed by atoms with Gasteiger partial charge in [-0.2, -0.15) is 0 Å². The summed E-state index contributed by atoms with van der Waals surface area (Å²) in [5.41, 5.74) is 5.98. The van der Waals surface area contributed by atoms with Crippen LogP contribution in [-0.4, -0.2) is 23.5 Å². The first kappa shape index (κ1) is 33.8. The van der Waals surface area contributed by atoms with Gasteiger partial charge in [0.1, 0.15) is 17.2 Å². The molecule has 7 nitrogen and oxygen atoms in total. The van der Waals surface area contributed by atoms with Crippen LogP contribution in [0, 0.1) is 0 Å². The Kier molecular flexibility index (Phi) is 10.3. The van der Waals surface area contributed by atoms with Crippen molar-refractivity contribution in [3.05, 3.63) is 172 Å². The summed E-state index contributed by atoms with van der Waals surface area (Å²) < 4.78 is 6.97. The van der Waals surface area contributed by atoms with Gasteiger partial charge in [-0.25, -0.2) is 0 Å². The molecule has 0 aliphatic carbocycles. The Hall–Kier alpha value is -5.64. The first-order chi connectivity index (χ1) is 24.9. The lowest BCUT2D eigenvalue weighted by atomic mass is 10.0. The smallest absolute Gasteiger partial charge is 0.272 e. The summed E-state index contributed by atoms with van der Waals surface area (Å²) >= 11 is 4.88. The summed E-state index contributed by atoms with van der Waals surface area (Å²) in [6, 6.07) is 43.4. The first-order valence-electron chi connectivity index (χ1n) is 16.4. The van der Waals surface area contributed by atoms with Crippen LogP contribution in [0.3, 0.4) is 0 Å². The molecule has 0 atom stereocenters. The Morgan fingerprint density at radius 2 is 1.35 bits per heavy atom. The fourth-order valence-corrected chi connectivity index (χ4v) is 6.89. The molecular formula is C42H32BrN3O4S. The van der Waals surface area contributed by atoms with Gasteiger partial charge >= 0.3 is 0 Å². The minimum atomic E-state index is -0.519. The monoisotopic (exact) mass is 753 g/mol. The largest absolute Gasteiger partial charge is 0.457 e. The van der Waals surface area contributed by atoms with Gasteiger partial charge in [0.15, 0.2) is 0 Å². The third-order valence-electron chi connectivity index (χ3n) is 8.42. The van der Waals surface area contributed by atoms with Gasteiger partial charge in [-0.3, -0.25) is 19.3 Å². The maximum Gasteiger partial charge on any atom is 0.272 e. The number of halogens is 1. The van der Waals surface area contributed by atoms with E-state index in [1.165, 1.54) is 17.8 Å². The van der Waals surface area contributed by atoms with E-state index in [-0.39, 0.29) is 17.4 Å². The summed E-state index contributed by atoms with van der Waals surface area (Å²) in [6.07, 6.45) is 3.25. The van der Waals surface area contributed by atoms with Crippen molar-refractivity contribution in [3.8, 4) is 11.3 Å². The average molecular weight is 755 g/mol. The van der Waals surface area contributed by atoms with E-state index < -0.39 is 11.8 Å². The number of fused-ring (bicyclic) bond motifs is 2. The van der Waals surface area contributed by atoms with Gasteiger partial charge in [0.2, 0.25) is 5.91 Å². The molecule has 51 heavy (non-hydrogen) atoms. The summed E-state index contributed by atoms with van der Waals surface area (Å²) in [5.74, 6) is 0.302.